The largest absolute Gasteiger partial charge is 0.383 e. The van der Waals surface area contributed by atoms with E-state index < -0.39 is 15.9 Å². The Morgan fingerprint density at radius 2 is 1.89 bits per heavy atom. The molecule has 0 unspecified atom stereocenters. The van der Waals surface area contributed by atoms with Crippen LogP contribution >= 0.6 is 0 Å². The third-order valence-corrected chi connectivity index (χ3v) is 5.65. The molecule has 150 valence electrons. The molecule has 1 fully saturated rings. The quantitative estimate of drug-likeness (QED) is 0.598. The van der Waals surface area contributed by atoms with Crippen molar-refractivity contribution in [2.45, 2.75) is 24.3 Å². The lowest BCUT2D eigenvalue weighted by atomic mass is 10.2. The van der Waals surface area contributed by atoms with E-state index in [-0.39, 0.29) is 22.5 Å². The normalized spacial score (nSPS) is 13.9. The molecule has 0 atom stereocenters. The van der Waals surface area contributed by atoms with E-state index in [1.54, 1.807) is 30.2 Å². The average Bonchev–Trinajstić information content (AvgIpc) is 3.50. The summed E-state index contributed by atoms with van der Waals surface area (Å²) in [5.74, 6) is -0.234. The fourth-order valence-corrected chi connectivity index (χ4v) is 3.67. The predicted molar refractivity (Wildman–Crippen MR) is 101 cm³/mol. The first-order valence-corrected chi connectivity index (χ1v) is 10.4. The van der Waals surface area contributed by atoms with E-state index in [4.69, 9.17) is 8.92 Å². The minimum absolute atomic E-state index is 0.0788. The lowest BCUT2D eigenvalue weighted by Crippen LogP contribution is -2.34. The van der Waals surface area contributed by atoms with Crippen molar-refractivity contribution in [2.75, 3.05) is 20.3 Å². The summed E-state index contributed by atoms with van der Waals surface area (Å²) in [5.41, 5.74) is 0.747. The van der Waals surface area contributed by atoms with Gasteiger partial charge in [0.25, 0.3) is 0 Å². The highest BCUT2D eigenvalue weighted by Gasteiger charge is 2.33. The van der Waals surface area contributed by atoms with Crippen LogP contribution in [0.3, 0.4) is 0 Å². The van der Waals surface area contributed by atoms with Gasteiger partial charge in [0.1, 0.15) is 16.5 Å². The number of hydrogen-bond acceptors (Lipinski definition) is 5. The van der Waals surface area contributed by atoms with Crippen molar-refractivity contribution >= 4 is 16.0 Å². The monoisotopic (exact) mass is 407 g/mol. The molecule has 0 radical (unpaired) electrons. The Labute approximate surface area is 164 Å². The number of nitrogens with zero attached hydrogens (tertiary/aromatic N) is 1. The first-order valence-electron chi connectivity index (χ1n) is 8.96. The summed E-state index contributed by atoms with van der Waals surface area (Å²) in [6, 6.07) is 11.0. The van der Waals surface area contributed by atoms with Crippen LogP contribution in [0.5, 0.6) is 5.75 Å². The number of rotatable bonds is 9. The third kappa shape index (κ3) is 5.30. The molecule has 28 heavy (non-hydrogen) atoms. The number of carbonyl (C=O) groups excluding carboxylic acids is 1. The number of halogens is 1. The van der Waals surface area contributed by atoms with Crippen molar-refractivity contribution in [3.8, 4) is 5.75 Å². The summed E-state index contributed by atoms with van der Waals surface area (Å²) < 4.78 is 48.0. The molecule has 1 amide bonds. The molecule has 1 aliphatic rings. The van der Waals surface area contributed by atoms with Gasteiger partial charge in [0.2, 0.25) is 5.91 Å². The van der Waals surface area contributed by atoms with Gasteiger partial charge in [-0.05, 0) is 54.8 Å². The molecular formula is C20H22FNO5S. The van der Waals surface area contributed by atoms with Gasteiger partial charge < -0.3 is 13.8 Å². The topological polar surface area (TPSA) is 72.9 Å². The molecule has 0 heterocycles. The van der Waals surface area contributed by atoms with E-state index in [2.05, 4.69) is 0 Å². The van der Waals surface area contributed by atoms with Crippen LogP contribution in [-0.4, -0.2) is 39.5 Å². The summed E-state index contributed by atoms with van der Waals surface area (Å²) >= 11 is 0. The smallest absolute Gasteiger partial charge is 0.339 e. The molecule has 2 aromatic carbocycles. The van der Waals surface area contributed by atoms with E-state index >= 15 is 0 Å². The summed E-state index contributed by atoms with van der Waals surface area (Å²) in [4.78, 5) is 14.0. The number of methoxy groups -OCH3 is 1. The fraction of sp³-hybridized carbons (Fsp3) is 0.350. The van der Waals surface area contributed by atoms with Gasteiger partial charge in [-0.2, -0.15) is 8.42 Å². The molecule has 1 aliphatic carbocycles. The van der Waals surface area contributed by atoms with Crippen LogP contribution in [0.4, 0.5) is 4.39 Å². The van der Waals surface area contributed by atoms with Crippen LogP contribution < -0.4 is 4.18 Å². The molecule has 6 nitrogen and oxygen atoms in total. The second-order valence-corrected chi connectivity index (χ2v) is 8.21. The molecule has 0 aromatic heterocycles. The van der Waals surface area contributed by atoms with Crippen molar-refractivity contribution in [3.63, 3.8) is 0 Å². The molecule has 0 N–H and O–H groups in total. The van der Waals surface area contributed by atoms with Crippen molar-refractivity contribution in [1.82, 2.24) is 4.90 Å². The third-order valence-electron chi connectivity index (χ3n) is 4.38. The Morgan fingerprint density at radius 3 is 2.54 bits per heavy atom. The zero-order valence-corrected chi connectivity index (χ0v) is 16.3. The molecule has 0 bridgehead atoms. The fourth-order valence-electron chi connectivity index (χ4n) is 2.75. The predicted octanol–water partition coefficient (Wildman–Crippen LogP) is 2.98. The lowest BCUT2D eigenvalue weighted by molar-refractivity contribution is -0.133. The SMILES string of the molecule is COCCN(Cc1cccc(OS(=O)(=O)c2ccc(F)cc2)c1)C(=O)C1CC1. The number of carbonyl (C=O) groups is 1. The number of amides is 1. The number of ether oxygens (including phenoxy) is 1. The highest BCUT2D eigenvalue weighted by atomic mass is 32.2. The molecule has 0 spiro atoms. The van der Waals surface area contributed by atoms with Crippen LogP contribution in [0.25, 0.3) is 0 Å². The maximum absolute atomic E-state index is 13.0. The Hall–Kier alpha value is -2.45. The Kier molecular flexibility index (Phi) is 6.31. The maximum Gasteiger partial charge on any atom is 0.339 e. The summed E-state index contributed by atoms with van der Waals surface area (Å²) in [7, 11) is -2.50. The van der Waals surface area contributed by atoms with E-state index in [1.165, 1.54) is 6.07 Å². The van der Waals surface area contributed by atoms with Gasteiger partial charge >= 0.3 is 10.1 Å². The Balaban J connectivity index is 1.73. The van der Waals surface area contributed by atoms with Crippen molar-refractivity contribution in [3.05, 3.63) is 59.9 Å². The second kappa shape index (κ2) is 8.70. The van der Waals surface area contributed by atoms with Gasteiger partial charge in [-0.25, -0.2) is 4.39 Å². The second-order valence-electron chi connectivity index (χ2n) is 6.67. The molecule has 2 aromatic rings. The van der Waals surface area contributed by atoms with Crippen molar-refractivity contribution < 1.29 is 26.5 Å². The van der Waals surface area contributed by atoms with Crippen molar-refractivity contribution in [1.29, 1.82) is 0 Å². The van der Waals surface area contributed by atoms with E-state index in [0.29, 0.717) is 19.7 Å². The summed E-state index contributed by atoms with van der Waals surface area (Å²) in [5, 5.41) is 0. The molecule has 0 aliphatic heterocycles. The van der Waals surface area contributed by atoms with Crippen LogP contribution in [-0.2, 0) is 26.2 Å². The standard InChI is InChI=1S/C20H22FNO5S/c1-26-12-11-22(20(23)16-5-6-16)14-15-3-2-4-18(13-15)27-28(24,25)19-9-7-17(21)8-10-19/h2-4,7-10,13,16H,5-6,11-12,14H2,1H3. The first kappa shape index (κ1) is 20.3. The maximum atomic E-state index is 13.0. The van der Waals surface area contributed by atoms with Gasteiger partial charge in [0.05, 0.1) is 6.61 Å². The van der Waals surface area contributed by atoms with Gasteiger partial charge in [0, 0.05) is 26.1 Å². The molecule has 3 rings (SSSR count). The average molecular weight is 407 g/mol. The molecule has 8 heteroatoms. The van der Waals surface area contributed by atoms with Crippen LogP contribution in [0.1, 0.15) is 18.4 Å². The van der Waals surface area contributed by atoms with Crippen LogP contribution in [0.2, 0.25) is 0 Å². The molecular weight excluding hydrogens is 385 g/mol. The van der Waals surface area contributed by atoms with E-state index in [1.807, 2.05) is 0 Å². The zero-order chi connectivity index (χ0) is 20.1. The molecule has 1 saturated carbocycles. The molecule has 0 saturated heterocycles. The van der Waals surface area contributed by atoms with E-state index in [9.17, 15) is 17.6 Å². The number of benzene rings is 2. The number of hydrogen-bond donors (Lipinski definition) is 0. The summed E-state index contributed by atoms with van der Waals surface area (Å²) in [6.45, 7) is 1.23. The van der Waals surface area contributed by atoms with E-state index in [0.717, 1.165) is 42.7 Å². The zero-order valence-electron chi connectivity index (χ0n) is 15.5. The first-order chi connectivity index (χ1) is 13.4. The minimum atomic E-state index is -4.08. The minimum Gasteiger partial charge on any atom is -0.383 e. The lowest BCUT2D eigenvalue weighted by Gasteiger charge is -2.22. The highest BCUT2D eigenvalue weighted by molar-refractivity contribution is 7.87. The van der Waals surface area contributed by atoms with Gasteiger partial charge in [-0.15, -0.1) is 0 Å². The van der Waals surface area contributed by atoms with Gasteiger partial charge in [-0.3, -0.25) is 4.79 Å². The van der Waals surface area contributed by atoms with Crippen LogP contribution in [0, 0.1) is 11.7 Å². The van der Waals surface area contributed by atoms with Crippen molar-refractivity contribution in [2.24, 2.45) is 5.92 Å². The summed E-state index contributed by atoms with van der Waals surface area (Å²) in [6.07, 6.45) is 1.81. The highest BCUT2D eigenvalue weighted by Crippen LogP contribution is 2.31. The Bertz CT molecular complexity index is 926. The van der Waals surface area contributed by atoms with Gasteiger partial charge in [-0.1, -0.05) is 12.1 Å². The van der Waals surface area contributed by atoms with Gasteiger partial charge in [0.15, 0.2) is 0 Å². The van der Waals surface area contributed by atoms with Crippen LogP contribution in [0.15, 0.2) is 53.4 Å². The Morgan fingerprint density at radius 1 is 1.18 bits per heavy atom.